The predicted octanol–water partition coefficient (Wildman–Crippen LogP) is 3.07. The molecule has 1 N–H and O–H groups in total. The number of rotatable bonds is 5. The molecule has 2 heterocycles. The Kier molecular flexibility index (Phi) is 5.70. The van der Waals surface area contributed by atoms with Gasteiger partial charge in [-0.2, -0.15) is 0 Å². The normalized spacial score (nSPS) is 18.6. The fraction of sp³-hybridized carbons (Fsp3) is 0.348. The van der Waals surface area contributed by atoms with Gasteiger partial charge in [-0.05, 0) is 61.4 Å². The summed E-state index contributed by atoms with van der Waals surface area (Å²) in [6, 6.07) is 14.5. The van der Waals surface area contributed by atoms with Crippen LogP contribution in [0, 0.1) is 5.92 Å². The molecule has 2 aliphatic rings. The summed E-state index contributed by atoms with van der Waals surface area (Å²) in [5, 5.41) is 2.83. The molecule has 2 amide bonds. The number of ether oxygens (including phenoxy) is 1. The average molecular weight is 407 g/mol. The van der Waals surface area contributed by atoms with Crippen LogP contribution in [0.5, 0.6) is 0 Å². The molecule has 156 valence electrons. The van der Waals surface area contributed by atoms with Crippen molar-refractivity contribution in [1.82, 2.24) is 0 Å². The van der Waals surface area contributed by atoms with Crippen LogP contribution in [0.15, 0.2) is 48.5 Å². The van der Waals surface area contributed by atoms with Gasteiger partial charge in [0.25, 0.3) is 0 Å². The molecule has 4 rings (SSSR count). The number of nitrogens with one attached hydrogen (secondary N) is 1. The van der Waals surface area contributed by atoms with Crippen molar-refractivity contribution in [2.24, 2.45) is 5.92 Å². The van der Waals surface area contributed by atoms with Crippen LogP contribution < -0.4 is 15.1 Å². The van der Waals surface area contributed by atoms with Crippen LogP contribution in [0.1, 0.15) is 29.6 Å². The molecule has 2 fully saturated rings. The van der Waals surface area contributed by atoms with E-state index in [1.54, 1.807) is 29.2 Å². The van der Waals surface area contributed by atoms with Crippen molar-refractivity contribution in [2.75, 3.05) is 41.9 Å². The van der Waals surface area contributed by atoms with E-state index < -0.39 is 11.9 Å². The molecule has 1 unspecified atom stereocenters. The zero-order valence-electron chi connectivity index (χ0n) is 17.0. The van der Waals surface area contributed by atoms with Crippen LogP contribution in [-0.2, 0) is 14.3 Å². The van der Waals surface area contributed by atoms with E-state index in [0.29, 0.717) is 17.8 Å². The van der Waals surface area contributed by atoms with Gasteiger partial charge in [-0.1, -0.05) is 0 Å². The Morgan fingerprint density at radius 2 is 1.60 bits per heavy atom. The minimum Gasteiger partial charge on any atom is -0.465 e. The van der Waals surface area contributed by atoms with Gasteiger partial charge in [-0.25, -0.2) is 4.79 Å². The lowest BCUT2D eigenvalue weighted by Gasteiger charge is -2.20. The second kappa shape index (κ2) is 8.57. The molecule has 0 radical (unpaired) electrons. The third-order valence-electron chi connectivity index (χ3n) is 5.70. The zero-order chi connectivity index (χ0) is 21.1. The number of nitrogens with zero attached hydrogens (tertiary/aromatic N) is 2. The maximum Gasteiger partial charge on any atom is 0.337 e. The topological polar surface area (TPSA) is 78.9 Å². The Hall–Kier alpha value is -3.35. The molecule has 0 spiro atoms. The summed E-state index contributed by atoms with van der Waals surface area (Å²) < 4.78 is 4.67. The molecule has 0 aliphatic carbocycles. The summed E-state index contributed by atoms with van der Waals surface area (Å²) >= 11 is 0. The standard InChI is InChI=1S/C23H25N3O4/c1-30-23(29)16-4-6-18(7-5-16)24-22(28)17-14-21(27)26(15-17)20-10-8-19(9-11-20)25-12-2-3-13-25/h4-11,17H,2-3,12-15H2,1H3,(H,24,28). The predicted molar refractivity (Wildman–Crippen MR) is 115 cm³/mol. The lowest BCUT2D eigenvalue weighted by molar-refractivity contribution is -0.122. The quantitative estimate of drug-likeness (QED) is 0.771. The molecule has 1 atom stereocenters. The fourth-order valence-electron chi connectivity index (χ4n) is 4.00. The van der Waals surface area contributed by atoms with E-state index in [0.717, 1.165) is 18.8 Å². The second-order valence-corrected chi connectivity index (χ2v) is 7.67. The number of esters is 1. The number of carbonyl (C=O) groups is 3. The van der Waals surface area contributed by atoms with Crippen molar-refractivity contribution in [2.45, 2.75) is 19.3 Å². The highest BCUT2D eigenvalue weighted by molar-refractivity contribution is 6.03. The maximum atomic E-state index is 12.7. The van der Waals surface area contributed by atoms with E-state index in [-0.39, 0.29) is 18.2 Å². The number of anilines is 3. The molecule has 0 aromatic heterocycles. The highest BCUT2D eigenvalue weighted by Crippen LogP contribution is 2.29. The largest absolute Gasteiger partial charge is 0.465 e. The van der Waals surface area contributed by atoms with Gasteiger partial charge in [0, 0.05) is 43.1 Å². The molecule has 7 nitrogen and oxygen atoms in total. The lowest BCUT2D eigenvalue weighted by Crippen LogP contribution is -2.28. The van der Waals surface area contributed by atoms with Crippen LogP contribution >= 0.6 is 0 Å². The molecule has 2 saturated heterocycles. The first-order valence-corrected chi connectivity index (χ1v) is 10.2. The molecule has 2 aromatic carbocycles. The van der Waals surface area contributed by atoms with E-state index in [9.17, 15) is 14.4 Å². The van der Waals surface area contributed by atoms with Gasteiger partial charge < -0.3 is 19.9 Å². The summed E-state index contributed by atoms with van der Waals surface area (Å²) in [5.74, 6) is -1.10. The van der Waals surface area contributed by atoms with Gasteiger partial charge >= 0.3 is 5.97 Å². The van der Waals surface area contributed by atoms with Crippen LogP contribution in [0.3, 0.4) is 0 Å². The van der Waals surface area contributed by atoms with Gasteiger partial charge in [0.15, 0.2) is 0 Å². The summed E-state index contributed by atoms with van der Waals surface area (Å²) in [6.07, 6.45) is 2.61. The number of methoxy groups -OCH3 is 1. The summed E-state index contributed by atoms with van der Waals surface area (Å²) in [7, 11) is 1.32. The molecular weight excluding hydrogens is 382 g/mol. The third kappa shape index (κ3) is 4.15. The van der Waals surface area contributed by atoms with Gasteiger partial charge in [-0.15, -0.1) is 0 Å². The minimum atomic E-state index is -0.430. The van der Waals surface area contributed by atoms with Crippen molar-refractivity contribution in [3.63, 3.8) is 0 Å². The zero-order valence-corrected chi connectivity index (χ0v) is 17.0. The van der Waals surface area contributed by atoms with Gasteiger partial charge in [0.05, 0.1) is 18.6 Å². The average Bonchev–Trinajstić information content (AvgIpc) is 3.44. The van der Waals surface area contributed by atoms with E-state index in [4.69, 9.17) is 0 Å². The van der Waals surface area contributed by atoms with E-state index >= 15 is 0 Å². The fourth-order valence-corrected chi connectivity index (χ4v) is 4.00. The van der Waals surface area contributed by atoms with E-state index in [1.165, 1.54) is 25.6 Å². The molecule has 0 bridgehead atoms. The molecule has 30 heavy (non-hydrogen) atoms. The summed E-state index contributed by atoms with van der Waals surface area (Å²) in [5.41, 5.74) is 2.98. The van der Waals surface area contributed by atoms with Crippen LogP contribution in [0.25, 0.3) is 0 Å². The highest BCUT2D eigenvalue weighted by Gasteiger charge is 2.35. The number of hydrogen-bond acceptors (Lipinski definition) is 5. The highest BCUT2D eigenvalue weighted by atomic mass is 16.5. The first-order valence-electron chi connectivity index (χ1n) is 10.2. The van der Waals surface area contributed by atoms with Crippen LogP contribution in [0.2, 0.25) is 0 Å². The van der Waals surface area contributed by atoms with Crippen molar-refractivity contribution >= 4 is 34.8 Å². The lowest BCUT2D eigenvalue weighted by atomic mass is 10.1. The van der Waals surface area contributed by atoms with Gasteiger partial charge in [0.2, 0.25) is 11.8 Å². The van der Waals surface area contributed by atoms with Gasteiger partial charge in [-0.3, -0.25) is 9.59 Å². The number of carbonyl (C=O) groups excluding carboxylic acids is 3. The second-order valence-electron chi connectivity index (χ2n) is 7.67. The van der Waals surface area contributed by atoms with Crippen molar-refractivity contribution in [3.05, 3.63) is 54.1 Å². The SMILES string of the molecule is COC(=O)c1ccc(NC(=O)C2CC(=O)N(c3ccc(N4CCCC4)cc3)C2)cc1. The molecular formula is C23H25N3O4. The Balaban J connectivity index is 1.38. The van der Waals surface area contributed by atoms with Gasteiger partial charge in [0.1, 0.15) is 0 Å². The molecule has 2 aliphatic heterocycles. The summed E-state index contributed by atoms with van der Waals surface area (Å²) in [4.78, 5) is 40.7. The summed E-state index contributed by atoms with van der Waals surface area (Å²) in [6.45, 7) is 2.50. The minimum absolute atomic E-state index is 0.0508. The monoisotopic (exact) mass is 407 g/mol. The molecule has 7 heteroatoms. The first-order chi connectivity index (χ1) is 14.5. The Morgan fingerprint density at radius 1 is 0.967 bits per heavy atom. The van der Waals surface area contributed by atoms with Crippen LogP contribution in [0.4, 0.5) is 17.1 Å². The van der Waals surface area contributed by atoms with Crippen molar-refractivity contribution in [1.29, 1.82) is 0 Å². The smallest absolute Gasteiger partial charge is 0.337 e. The Labute approximate surface area is 175 Å². The first kappa shape index (κ1) is 19.9. The van der Waals surface area contributed by atoms with E-state index in [1.807, 2.05) is 24.3 Å². The Bertz CT molecular complexity index is 934. The third-order valence-corrected chi connectivity index (χ3v) is 5.70. The Morgan fingerprint density at radius 3 is 2.23 bits per heavy atom. The van der Waals surface area contributed by atoms with E-state index in [2.05, 4.69) is 15.0 Å². The molecule has 2 aromatic rings. The number of hydrogen-bond donors (Lipinski definition) is 1. The van der Waals surface area contributed by atoms with Crippen molar-refractivity contribution in [3.8, 4) is 0 Å². The molecule has 0 saturated carbocycles. The number of benzene rings is 2. The number of amides is 2. The maximum absolute atomic E-state index is 12.7. The van der Waals surface area contributed by atoms with Crippen LogP contribution in [-0.4, -0.2) is 44.5 Å². The van der Waals surface area contributed by atoms with Crippen molar-refractivity contribution < 1.29 is 19.1 Å².